The van der Waals surface area contributed by atoms with Gasteiger partial charge in [-0.1, -0.05) is 42.5 Å². The van der Waals surface area contributed by atoms with E-state index in [-0.39, 0.29) is 17.6 Å². The summed E-state index contributed by atoms with van der Waals surface area (Å²) in [4.78, 5) is 14.0. The van der Waals surface area contributed by atoms with E-state index in [0.717, 1.165) is 26.1 Å². The van der Waals surface area contributed by atoms with Crippen molar-refractivity contribution in [3.63, 3.8) is 0 Å². The number of phenolic OH excluding ortho intramolecular Hbond substituents is 1. The van der Waals surface area contributed by atoms with Gasteiger partial charge in [0.05, 0.1) is 11.1 Å². The molecule has 1 saturated heterocycles. The molecule has 1 aliphatic rings. The van der Waals surface area contributed by atoms with E-state index in [0.29, 0.717) is 28.1 Å². The molecule has 1 aliphatic heterocycles. The molecular weight excluding hydrogens is 403 g/mol. The lowest BCUT2D eigenvalue weighted by Gasteiger charge is -2.27. The molecule has 0 radical (unpaired) electrons. The fourth-order valence-electron chi connectivity index (χ4n) is 4.42. The Morgan fingerprint density at radius 2 is 1.81 bits per heavy atom. The molecule has 0 bridgehead atoms. The quantitative estimate of drug-likeness (QED) is 0.492. The molecule has 5 rings (SSSR count). The number of likely N-dealkylation sites (N-methyl/N-ethyl adjacent to an activating group) is 1. The standard InChI is InChI=1S/C26H25FN4O/c1-30(20-13-14-31(17-20)16-18-7-3-2-4-8-18)26-22-15-19(27)11-12-23(22)28-25(29-26)21-9-5-6-10-24(21)32/h2-12,15,20,32H,13-14,16-17H2,1H3/t20-/m0/s1. The fourth-order valence-corrected chi connectivity index (χ4v) is 4.42. The van der Waals surface area contributed by atoms with Crippen molar-refractivity contribution in [3.05, 3.63) is 84.2 Å². The summed E-state index contributed by atoms with van der Waals surface area (Å²) in [7, 11) is 2.01. The van der Waals surface area contributed by atoms with Crippen molar-refractivity contribution in [2.45, 2.75) is 19.0 Å². The Morgan fingerprint density at radius 1 is 1.03 bits per heavy atom. The van der Waals surface area contributed by atoms with Crippen molar-refractivity contribution in [1.29, 1.82) is 0 Å². The van der Waals surface area contributed by atoms with E-state index in [1.54, 1.807) is 24.3 Å². The van der Waals surface area contributed by atoms with Gasteiger partial charge in [0.15, 0.2) is 5.82 Å². The zero-order valence-corrected chi connectivity index (χ0v) is 17.9. The highest BCUT2D eigenvalue weighted by Crippen LogP contribution is 2.33. The van der Waals surface area contributed by atoms with Gasteiger partial charge in [0.25, 0.3) is 0 Å². The second-order valence-electron chi connectivity index (χ2n) is 8.32. The van der Waals surface area contributed by atoms with E-state index in [9.17, 15) is 9.50 Å². The lowest BCUT2D eigenvalue weighted by Crippen LogP contribution is -2.35. The maximum Gasteiger partial charge on any atom is 0.165 e. The number of fused-ring (bicyclic) bond motifs is 1. The molecule has 1 atom stereocenters. The minimum atomic E-state index is -0.316. The lowest BCUT2D eigenvalue weighted by atomic mass is 10.1. The first-order valence-corrected chi connectivity index (χ1v) is 10.8. The van der Waals surface area contributed by atoms with Crippen molar-refractivity contribution in [2.24, 2.45) is 0 Å². The van der Waals surface area contributed by atoms with Crippen LogP contribution >= 0.6 is 0 Å². The molecule has 0 amide bonds. The van der Waals surface area contributed by atoms with Gasteiger partial charge in [-0.05, 0) is 42.3 Å². The van der Waals surface area contributed by atoms with Crippen LogP contribution in [0, 0.1) is 5.82 Å². The van der Waals surface area contributed by atoms with Crippen LogP contribution in [0.3, 0.4) is 0 Å². The first-order chi connectivity index (χ1) is 15.6. The van der Waals surface area contributed by atoms with Crippen molar-refractivity contribution in [2.75, 3.05) is 25.0 Å². The summed E-state index contributed by atoms with van der Waals surface area (Å²) < 4.78 is 14.1. The lowest BCUT2D eigenvalue weighted by molar-refractivity contribution is 0.326. The minimum Gasteiger partial charge on any atom is -0.507 e. The van der Waals surface area contributed by atoms with Crippen LogP contribution in [-0.2, 0) is 6.54 Å². The number of rotatable bonds is 5. The summed E-state index contributed by atoms with van der Waals surface area (Å²) in [5.41, 5.74) is 2.51. The number of aromatic hydroxyl groups is 1. The number of benzene rings is 3. The highest BCUT2D eigenvalue weighted by atomic mass is 19.1. The number of para-hydroxylation sites is 1. The van der Waals surface area contributed by atoms with E-state index in [4.69, 9.17) is 4.98 Å². The number of likely N-dealkylation sites (tertiary alicyclic amines) is 1. The summed E-state index contributed by atoms with van der Waals surface area (Å²) in [5, 5.41) is 11.0. The van der Waals surface area contributed by atoms with Crippen LogP contribution in [0.4, 0.5) is 10.2 Å². The molecule has 4 aromatic rings. The Labute approximate surface area is 186 Å². The normalized spacial score (nSPS) is 16.5. The van der Waals surface area contributed by atoms with Crippen LogP contribution in [0.5, 0.6) is 5.75 Å². The first-order valence-electron chi connectivity index (χ1n) is 10.8. The van der Waals surface area contributed by atoms with Crippen LogP contribution in [0.25, 0.3) is 22.3 Å². The third-order valence-electron chi connectivity index (χ3n) is 6.16. The predicted molar refractivity (Wildman–Crippen MR) is 125 cm³/mol. The van der Waals surface area contributed by atoms with Gasteiger partial charge >= 0.3 is 0 Å². The average Bonchev–Trinajstić information content (AvgIpc) is 3.27. The van der Waals surface area contributed by atoms with Crippen LogP contribution in [-0.4, -0.2) is 46.2 Å². The SMILES string of the molecule is CN(c1nc(-c2ccccc2O)nc2ccc(F)cc12)[C@H]1CCN(Cc2ccccc2)C1. The summed E-state index contributed by atoms with van der Waals surface area (Å²) in [6.07, 6.45) is 0.996. The largest absolute Gasteiger partial charge is 0.507 e. The Balaban J connectivity index is 1.48. The smallest absolute Gasteiger partial charge is 0.165 e. The molecule has 1 aromatic heterocycles. The molecule has 1 N–H and O–H groups in total. The highest BCUT2D eigenvalue weighted by Gasteiger charge is 2.28. The number of halogens is 1. The van der Waals surface area contributed by atoms with E-state index in [1.807, 2.05) is 19.2 Å². The van der Waals surface area contributed by atoms with Crippen molar-refractivity contribution in [3.8, 4) is 17.1 Å². The van der Waals surface area contributed by atoms with E-state index in [1.165, 1.54) is 17.7 Å². The molecular formula is C26H25FN4O. The van der Waals surface area contributed by atoms with Gasteiger partial charge in [0.2, 0.25) is 0 Å². The van der Waals surface area contributed by atoms with Crippen molar-refractivity contribution >= 4 is 16.7 Å². The molecule has 0 unspecified atom stereocenters. The molecule has 0 saturated carbocycles. The Kier molecular flexibility index (Phi) is 5.45. The number of hydrogen-bond donors (Lipinski definition) is 1. The Hall–Kier alpha value is -3.51. The van der Waals surface area contributed by atoms with Gasteiger partial charge in [0.1, 0.15) is 17.4 Å². The second kappa shape index (κ2) is 8.55. The molecule has 1 fully saturated rings. The number of anilines is 1. The van der Waals surface area contributed by atoms with Gasteiger partial charge in [-0.3, -0.25) is 4.90 Å². The molecule has 2 heterocycles. The topological polar surface area (TPSA) is 52.5 Å². The second-order valence-corrected chi connectivity index (χ2v) is 8.32. The third kappa shape index (κ3) is 4.01. The van der Waals surface area contributed by atoms with E-state index >= 15 is 0 Å². The summed E-state index contributed by atoms with van der Waals surface area (Å²) in [5.74, 6) is 0.920. The monoisotopic (exact) mass is 428 g/mol. The average molecular weight is 429 g/mol. The molecule has 32 heavy (non-hydrogen) atoms. The molecule has 6 heteroatoms. The van der Waals surface area contributed by atoms with Crippen LogP contribution in [0.2, 0.25) is 0 Å². The maximum absolute atomic E-state index is 14.1. The van der Waals surface area contributed by atoms with Gasteiger partial charge < -0.3 is 10.0 Å². The number of phenols is 1. The predicted octanol–water partition coefficient (Wildman–Crippen LogP) is 4.85. The zero-order chi connectivity index (χ0) is 22.1. The summed E-state index contributed by atoms with van der Waals surface area (Å²) in [6.45, 7) is 2.80. The fraction of sp³-hybridized carbons (Fsp3) is 0.231. The van der Waals surface area contributed by atoms with E-state index < -0.39 is 0 Å². The van der Waals surface area contributed by atoms with Crippen LogP contribution < -0.4 is 4.90 Å². The minimum absolute atomic E-state index is 0.123. The number of hydrogen-bond acceptors (Lipinski definition) is 5. The van der Waals surface area contributed by atoms with Gasteiger partial charge in [-0.25, -0.2) is 14.4 Å². The molecule has 3 aromatic carbocycles. The van der Waals surface area contributed by atoms with Crippen molar-refractivity contribution in [1.82, 2.24) is 14.9 Å². The van der Waals surface area contributed by atoms with Crippen molar-refractivity contribution < 1.29 is 9.50 Å². The zero-order valence-electron chi connectivity index (χ0n) is 17.9. The molecule has 0 spiro atoms. The summed E-state index contributed by atoms with van der Waals surface area (Å²) in [6, 6.07) is 22.3. The third-order valence-corrected chi connectivity index (χ3v) is 6.16. The van der Waals surface area contributed by atoms with Crippen LogP contribution in [0.1, 0.15) is 12.0 Å². The number of nitrogens with zero attached hydrogens (tertiary/aromatic N) is 4. The highest BCUT2D eigenvalue weighted by molar-refractivity contribution is 5.91. The Morgan fingerprint density at radius 3 is 2.62 bits per heavy atom. The summed E-state index contributed by atoms with van der Waals surface area (Å²) >= 11 is 0. The van der Waals surface area contributed by atoms with Gasteiger partial charge in [0, 0.05) is 38.1 Å². The van der Waals surface area contributed by atoms with Gasteiger partial charge in [-0.15, -0.1) is 0 Å². The van der Waals surface area contributed by atoms with E-state index in [2.05, 4.69) is 39.0 Å². The molecule has 5 nitrogen and oxygen atoms in total. The molecule has 0 aliphatic carbocycles. The Bertz CT molecular complexity index is 1250. The van der Waals surface area contributed by atoms with Gasteiger partial charge in [-0.2, -0.15) is 0 Å². The first kappa shape index (κ1) is 20.4. The van der Waals surface area contributed by atoms with Crippen LogP contribution in [0.15, 0.2) is 72.8 Å². The maximum atomic E-state index is 14.1. The molecule has 162 valence electrons. The number of aromatic nitrogens is 2.